The molecule has 2 heterocycles. The van der Waals surface area contributed by atoms with E-state index in [1.54, 1.807) is 13.2 Å². The van der Waals surface area contributed by atoms with E-state index < -0.39 is 0 Å². The topological polar surface area (TPSA) is 47.7 Å². The molecule has 0 aliphatic carbocycles. The minimum absolute atomic E-state index is 0.270. The van der Waals surface area contributed by atoms with Gasteiger partial charge in [-0.25, -0.2) is 9.36 Å². The molecule has 17 heavy (non-hydrogen) atoms. The summed E-state index contributed by atoms with van der Waals surface area (Å²) in [5, 5.41) is 11.2. The second-order valence-electron chi connectivity index (χ2n) is 4.19. The average Bonchev–Trinajstić information content (AvgIpc) is 2.86. The fourth-order valence-electron chi connectivity index (χ4n) is 1.64. The average molecular weight is 237 g/mol. The maximum atomic E-state index is 13.5. The fourth-order valence-corrected chi connectivity index (χ4v) is 1.64. The summed E-state index contributed by atoms with van der Waals surface area (Å²) in [6.07, 6.45) is 3.25. The summed E-state index contributed by atoms with van der Waals surface area (Å²) in [5.74, 6) is 0.566. The van der Waals surface area contributed by atoms with Gasteiger partial charge in [0.25, 0.3) is 0 Å². The molecule has 0 saturated heterocycles. The number of anilines is 1. The molecular formula is C11H16FN5. The van der Waals surface area contributed by atoms with Gasteiger partial charge in [-0.1, -0.05) is 0 Å². The first-order valence-corrected chi connectivity index (χ1v) is 5.53. The van der Waals surface area contributed by atoms with Gasteiger partial charge in [0, 0.05) is 31.3 Å². The Labute approximate surface area is 99.2 Å². The van der Waals surface area contributed by atoms with Gasteiger partial charge in [0.05, 0.1) is 12.4 Å². The molecule has 0 fully saturated rings. The minimum Gasteiger partial charge on any atom is -0.366 e. The van der Waals surface area contributed by atoms with E-state index in [0.29, 0.717) is 12.1 Å². The molecule has 2 aromatic heterocycles. The summed E-state index contributed by atoms with van der Waals surface area (Å²) in [5.41, 5.74) is 0.545. The highest BCUT2D eigenvalue weighted by molar-refractivity contribution is 5.35. The molecule has 0 bridgehead atoms. The number of nitrogens with zero attached hydrogens (tertiary/aromatic N) is 4. The van der Waals surface area contributed by atoms with Crippen molar-refractivity contribution in [2.75, 3.05) is 5.32 Å². The quantitative estimate of drug-likeness (QED) is 0.884. The van der Waals surface area contributed by atoms with Crippen LogP contribution < -0.4 is 5.32 Å². The van der Waals surface area contributed by atoms with E-state index >= 15 is 0 Å². The predicted molar refractivity (Wildman–Crippen MR) is 63.1 cm³/mol. The van der Waals surface area contributed by atoms with E-state index in [-0.39, 0.29) is 12.0 Å². The lowest BCUT2D eigenvalue weighted by atomic mass is 10.3. The summed E-state index contributed by atoms with van der Waals surface area (Å²) < 4.78 is 16.6. The van der Waals surface area contributed by atoms with E-state index in [1.807, 2.05) is 24.6 Å². The normalized spacial score (nSPS) is 11.1. The third-order valence-electron chi connectivity index (χ3n) is 2.56. The van der Waals surface area contributed by atoms with Gasteiger partial charge in [-0.3, -0.25) is 0 Å². The van der Waals surface area contributed by atoms with E-state index in [2.05, 4.69) is 15.5 Å². The number of hydrogen-bond donors (Lipinski definition) is 1. The Morgan fingerprint density at radius 1 is 1.41 bits per heavy atom. The van der Waals surface area contributed by atoms with Crippen LogP contribution in [0.2, 0.25) is 0 Å². The van der Waals surface area contributed by atoms with Crippen molar-refractivity contribution in [2.24, 2.45) is 7.05 Å². The monoisotopic (exact) mass is 237 g/mol. The van der Waals surface area contributed by atoms with Crippen LogP contribution in [0.4, 0.5) is 10.2 Å². The molecule has 0 spiro atoms. The number of halogens is 1. The lowest BCUT2D eigenvalue weighted by molar-refractivity contribution is 0.495. The molecule has 0 aliphatic rings. The summed E-state index contributed by atoms with van der Waals surface area (Å²) >= 11 is 0. The fraction of sp³-hybridized carbons (Fsp3) is 0.455. The van der Waals surface area contributed by atoms with Crippen LogP contribution in [-0.2, 0) is 13.6 Å². The molecular weight excluding hydrogens is 221 g/mol. The second kappa shape index (κ2) is 4.57. The maximum Gasteiger partial charge on any atom is 0.216 e. The first-order valence-electron chi connectivity index (χ1n) is 5.53. The van der Waals surface area contributed by atoms with Crippen LogP contribution >= 0.6 is 0 Å². The van der Waals surface area contributed by atoms with Crippen LogP contribution in [0.3, 0.4) is 0 Å². The molecule has 92 valence electrons. The smallest absolute Gasteiger partial charge is 0.216 e. The van der Waals surface area contributed by atoms with Gasteiger partial charge in [0.2, 0.25) is 5.95 Å². The first-order chi connectivity index (χ1) is 8.09. The first kappa shape index (κ1) is 11.6. The van der Waals surface area contributed by atoms with Crippen molar-refractivity contribution in [2.45, 2.75) is 26.4 Å². The molecule has 2 rings (SSSR count). The van der Waals surface area contributed by atoms with Crippen LogP contribution in [-0.4, -0.2) is 19.6 Å². The number of rotatable bonds is 4. The maximum absolute atomic E-state index is 13.5. The van der Waals surface area contributed by atoms with Crippen LogP contribution in [0.5, 0.6) is 0 Å². The number of aryl methyl sites for hydroxylation is 1. The Bertz CT molecular complexity index is 500. The molecule has 6 heteroatoms. The zero-order chi connectivity index (χ0) is 12.4. The third-order valence-corrected chi connectivity index (χ3v) is 2.56. The van der Waals surface area contributed by atoms with E-state index in [4.69, 9.17) is 0 Å². The van der Waals surface area contributed by atoms with Gasteiger partial charge >= 0.3 is 0 Å². The molecule has 0 saturated carbocycles. The van der Waals surface area contributed by atoms with E-state index in [9.17, 15) is 4.39 Å². The van der Waals surface area contributed by atoms with Crippen LogP contribution in [0.1, 0.15) is 25.5 Å². The SMILES string of the molecule is CC(C)n1nccc1NCc1cnn(C)c1F. The largest absolute Gasteiger partial charge is 0.366 e. The zero-order valence-electron chi connectivity index (χ0n) is 10.2. The Kier molecular flexibility index (Phi) is 3.12. The summed E-state index contributed by atoms with van der Waals surface area (Å²) in [7, 11) is 1.58. The van der Waals surface area contributed by atoms with Gasteiger partial charge in [-0.2, -0.15) is 14.6 Å². The van der Waals surface area contributed by atoms with Crippen molar-refractivity contribution in [3.8, 4) is 0 Å². The molecule has 5 nitrogen and oxygen atoms in total. The Morgan fingerprint density at radius 2 is 2.18 bits per heavy atom. The van der Waals surface area contributed by atoms with Gasteiger partial charge in [-0.05, 0) is 13.8 Å². The molecule has 2 aromatic rings. The number of aromatic nitrogens is 4. The lowest BCUT2D eigenvalue weighted by Crippen LogP contribution is -2.10. The lowest BCUT2D eigenvalue weighted by Gasteiger charge is -2.11. The van der Waals surface area contributed by atoms with E-state index in [0.717, 1.165) is 5.82 Å². The van der Waals surface area contributed by atoms with Crippen LogP contribution in [0.15, 0.2) is 18.5 Å². The van der Waals surface area contributed by atoms with Crippen molar-refractivity contribution < 1.29 is 4.39 Å². The molecule has 0 amide bonds. The Hall–Kier alpha value is -1.85. The summed E-state index contributed by atoms with van der Waals surface area (Å²) in [4.78, 5) is 0. The van der Waals surface area contributed by atoms with Gasteiger partial charge in [-0.15, -0.1) is 0 Å². The highest BCUT2D eigenvalue weighted by Gasteiger charge is 2.09. The van der Waals surface area contributed by atoms with Crippen molar-refractivity contribution in [3.05, 3.63) is 30.0 Å². The summed E-state index contributed by atoms with van der Waals surface area (Å²) in [6, 6.07) is 2.14. The molecule has 0 unspecified atom stereocenters. The van der Waals surface area contributed by atoms with E-state index in [1.165, 1.54) is 10.9 Å². The van der Waals surface area contributed by atoms with Crippen LogP contribution in [0.25, 0.3) is 0 Å². The second-order valence-corrected chi connectivity index (χ2v) is 4.19. The zero-order valence-corrected chi connectivity index (χ0v) is 10.2. The van der Waals surface area contributed by atoms with Crippen molar-refractivity contribution in [1.82, 2.24) is 19.6 Å². The Balaban J connectivity index is 2.07. The molecule has 0 aliphatic heterocycles. The molecule has 1 N–H and O–H groups in total. The highest BCUT2D eigenvalue weighted by atomic mass is 19.1. The third kappa shape index (κ3) is 2.30. The highest BCUT2D eigenvalue weighted by Crippen LogP contribution is 2.14. The standard InChI is InChI=1S/C11H16FN5/c1-8(2)17-10(4-5-14-17)13-6-9-7-15-16(3)11(9)12/h4-5,7-8,13H,6H2,1-3H3. The Morgan fingerprint density at radius 3 is 2.76 bits per heavy atom. The van der Waals surface area contributed by atoms with Crippen molar-refractivity contribution in [1.29, 1.82) is 0 Å². The van der Waals surface area contributed by atoms with Crippen molar-refractivity contribution >= 4 is 5.82 Å². The van der Waals surface area contributed by atoms with Crippen LogP contribution in [0, 0.1) is 5.95 Å². The number of hydrogen-bond acceptors (Lipinski definition) is 3. The van der Waals surface area contributed by atoms with Gasteiger partial charge in [0.15, 0.2) is 0 Å². The molecule has 0 radical (unpaired) electrons. The molecule has 0 aromatic carbocycles. The van der Waals surface area contributed by atoms with Gasteiger partial charge < -0.3 is 5.32 Å². The number of nitrogens with one attached hydrogen (secondary N) is 1. The predicted octanol–water partition coefficient (Wildman–Crippen LogP) is 1.95. The van der Waals surface area contributed by atoms with Crippen molar-refractivity contribution in [3.63, 3.8) is 0 Å². The van der Waals surface area contributed by atoms with Gasteiger partial charge in [0.1, 0.15) is 5.82 Å². The molecule has 0 atom stereocenters. The minimum atomic E-state index is -0.312. The summed E-state index contributed by atoms with van der Waals surface area (Å²) in [6.45, 7) is 4.49.